The number of aryl methyl sites for hydroxylation is 1. The number of para-hydroxylation sites is 1. The van der Waals surface area contributed by atoms with Gasteiger partial charge >= 0.3 is 0 Å². The number of nitrogens with one attached hydrogen (secondary N) is 1. The van der Waals surface area contributed by atoms with Gasteiger partial charge in [0.15, 0.2) is 0 Å². The Hall–Kier alpha value is -1.46. The molecule has 0 fully saturated rings. The number of nitrogens with zero attached hydrogens (tertiary/aromatic N) is 2. The molecule has 19 heavy (non-hydrogen) atoms. The molecule has 1 N–H and O–H groups in total. The van der Waals surface area contributed by atoms with E-state index in [0.717, 1.165) is 30.3 Å². The smallest absolute Gasteiger partial charge is 0.110 e. The third-order valence-electron chi connectivity index (χ3n) is 2.90. The molecule has 0 radical (unpaired) electrons. The van der Waals surface area contributed by atoms with E-state index in [2.05, 4.69) is 27.0 Å². The van der Waals surface area contributed by atoms with Crippen molar-refractivity contribution in [1.82, 2.24) is 14.9 Å². The van der Waals surface area contributed by atoms with Crippen LogP contribution in [-0.2, 0) is 17.3 Å². The molecule has 0 spiro atoms. The molecule has 0 aliphatic carbocycles. The zero-order valence-electron chi connectivity index (χ0n) is 11.3. The Balaban J connectivity index is 2.08. The lowest BCUT2D eigenvalue weighted by Gasteiger charge is -2.10. The van der Waals surface area contributed by atoms with Gasteiger partial charge in [0.2, 0.25) is 0 Å². The molecule has 1 unspecified atom stereocenters. The summed E-state index contributed by atoms with van der Waals surface area (Å²) in [4.78, 5) is 4.37. The summed E-state index contributed by atoms with van der Waals surface area (Å²) in [6.07, 6.45) is 3.61. The highest BCUT2D eigenvalue weighted by Gasteiger charge is 2.07. The lowest BCUT2D eigenvalue weighted by Crippen LogP contribution is -2.21. The average molecular weight is 277 g/mol. The van der Waals surface area contributed by atoms with Crippen LogP contribution in [0.2, 0.25) is 0 Å². The van der Waals surface area contributed by atoms with Gasteiger partial charge in [0.1, 0.15) is 5.82 Å². The molecule has 0 saturated heterocycles. The summed E-state index contributed by atoms with van der Waals surface area (Å²) in [6, 6.07) is 10.2. The van der Waals surface area contributed by atoms with Crippen molar-refractivity contribution in [3.05, 3.63) is 48.0 Å². The molecule has 2 aromatic rings. The molecule has 1 heterocycles. The normalized spacial score (nSPS) is 12.5. The Morgan fingerprint density at radius 3 is 2.74 bits per heavy atom. The molecule has 0 bridgehead atoms. The van der Waals surface area contributed by atoms with E-state index in [9.17, 15) is 4.21 Å². The molecule has 0 amide bonds. The number of hydrogen-bond acceptors (Lipinski definition) is 3. The summed E-state index contributed by atoms with van der Waals surface area (Å²) in [5.41, 5.74) is 2.24. The van der Waals surface area contributed by atoms with E-state index < -0.39 is 10.8 Å². The van der Waals surface area contributed by atoms with Crippen molar-refractivity contribution in [2.45, 2.75) is 13.5 Å². The maximum Gasteiger partial charge on any atom is 0.110 e. The van der Waals surface area contributed by atoms with Gasteiger partial charge in [-0.15, -0.1) is 0 Å². The predicted octanol–water partition coefficient (Wildman–Crippen LogP) is 1.65. The first-order chi connectivity index (χ1) is 9.18. The van der Waals surface area contributed by atoms with Gasteiger partial charge in [0, 0.05) is 41.6 Å². The predicted molar refractivity (Wildman–Crippen MR) is 78.9 cm³/mol. The lowest BCUT2D eigenvalue weighted by molar-refractivity contribution is 0.670. The minimum absolute atomic E-state index is 0.679. The minimum Gasteiger partial charge on any atom is -0.310 e. The standard InChI is InChI=1S/C14H19N3OS/c1-12-16-11-14(10-15-8-9-19(2)18)17(12)13-6-4-3-5-7-13/h3-7,11,15H,8-10H2,1-2H3. The van der Waals surface area contributed by atoms with E-state index in [1.807, 2.05) is 31.3 Å². The maximum atomic E-state index is 11.0. The van der Waals surface area contributed by atoms with E-state index >= 15 is 0 Å². The first-order valence-electron chi connectivity index (χ1n) is 6.28. The maximum absolute atomic E-state index is 11.0. The minimum atomic E-state index is -0.744. The highest BCUT2D eigenvalue weighted by Crippen LogP contribution is 2.14. The number of hydrogen-bond donors (Lipinski definition) is 1. The van der Waals surface area contributed by atoms with Gasteiger partial charge in [-0.3, -0.25) is 8.78 Å². The van der Waals surface area contributed by atoms with Crippen LogP contribution in [0.25, 0.3) is 5.69 Å². The summed E-state index contributed by atoms with van der Waals surface area (Å²) in [5.74, 6) is 1.65. The fraction of sp³-hybridized carbons (Fsp3) is 0.357. The van der Waals surface area contributed by atoms with E-state index in [0.29, 0.717) is 5.75 Å². The molecule has 0 aliphatic rings. The highest BCUT2D eigenvalue weighted by atomic mass is 32.2. The molecular weight excluding hydrogens is 258 g/mol. The van der Waals surface area contributed by atoms with Crippen LogP contribution in [0.5, 0.6) is 0 Å². The molecule has 0 aliphatic heterocycles. The van der Waals surface area contributed by atoms with Crippen LogP contribution in [-0.4, -0.2) is 32.3 Å². The third-order valence-corrected chi connectivity index (χ3v) is 3.68. The SMILES string of the molecule is Cc1ncc(CNCCS(C)=O)n1-c1ccccc1. The summed E-state index contributed by atoms with van der Waals surface area (Å²) in [6.45, 7) is 3.48. The van der Waals surface area contributed by atoms with Gasteiger partial charge < -0.3 is 5.32 Å². The number of rotatable bonds is 6. The average Bonchev–Trinajstić information content (AvgIpc) is 2.77. The van der Waals surface area contributed by atoms with Crippen LogP contribution in [0.4, 0.5) is 0 Å². The largest absolute Gasteiger partial charge is 0.310 e. The van der Waals surface area contributed by atoms with Crippen molar-refractivity contribution < 1.29 is 4.21 Å². The molecule has 1 aromatic carbocycles. The first kappa shape index (κ1) is 14.0. The Morgan fingerprint density at radius 2 is 2.05 bits per heavy atom. The van der Waals surface area contributed by atoms with Crippen LogP contribution >= 0.6 is 0 Å². The van der Waals surface area contributed by atoms with Gasteiger partial charge in [-0.2, -0.15) is 0 Å². The monoisotopic (exact) mass is 277 g/mol. The lowest BCUT2D eigenvalue weighted by atomic mass is 10.3. The van der Waals surface area contributed by atoms with Crippen molar-refractivity contribution >= 4 is 10.8 Å². The molecule has 1 aromatic heterocycles. The Bertz CT molecular complexity index is 551. The van der Waals surface area contributed by atoms with Crippen LogP contribution in [0.1, 0.15) is 11.5 Å². The van der Waals surface area contributed by atoms with Gasteiger partial charge in [-0.1, -0.05) is 18.2 Å². The second-order valence-corrected chi connectivity index (χ2v) is 5.98. The molecule has 5 heteroatoms. The highest BCUT2D eigenvalue weighted by molar-refractivity contribution is 7.84. The molecule has 2 rings (SSSR count). The van der Waals surface area contributed by atoms with Crippen LogP contribution in [0.3, 0.4) is 0 Å². The summed E-state index contributed by atoms with van der Waals surface area (Å²) < 4.78 is 13.1. The zero-order valence-corrected chi connectivity index (χ0v) is 12.1. The Morgan fingerprint density at radius 1 is 1.32 bits per heavy atom. The van der Waals surface area contributed by atoms with Crippen LogP contribution in [0, 0.1) is 6.92 Å². The zero-order chi connectivity index (χ0) is 13.7. The molecule has 1 atom stereocenters. The topological polar surface area (TPSA) is 46.9 Å². The summed E-state index contributed by atoms with van der Waals surface area (Å²) in [7, 11) is -0.744. The second-order valence-electron chi connectivity index (χ2n) is 4.42. The number of benzene rings is 1. The van der Waals surface area contributed by atoms with E-state index in [-0.39, 0.29) is 0 Å². The van der Waals surface area contributed by atoms with Gasteiger partial charge in [0.25, 0.3) is 0 Å². The van der Waals surface area contributed by atoms with Crippen molar-refractivity contribution in [2.75, 3.05) is 18.6 Å². The van der Waals surface area contributed by atoms with Crippen molar-refractivity contribution in [3.63, 3.8) is 0 Å². The Labute approximate surface area is 116 Å². The van der Waals surface area contributed by atoms with Crippen LogP contribution in [0.15, 0.2) is 36.5 Å². The first-order valence-corrected chi connectivity index (χ1v) is 8.00. The molecule has 0 saturated carbocycles. The molecule has 4 nitrogen and oxygen atoms in total. The molecular formula is C14H19N3OS. The quantitative estimate of drug-likeness (QED) is 0.817. The fourth-order valence-electron chi connectivity index (χ4n) is 1.98. The fourth-order valence-corrected chi connectivity index (χ4v) is 2.41. The summed E-state index contributed by atoms with van der Waals surface area (Å²) >= 11 is 0. The Kier molecular flexibility index (Phi) is 4.87. The van der Waals surface area contributed by atoms with E-state index in [1.165, 1.54) is 0 Å². The molecule has 102 valence electrons. The third kappa shape index (κ3) is 3.75. The van der Waals surface area contributed by atoms with Gasteiger partial charge in [-0.05, 0) is 19.1 Å². The second kappa shape index (κ2) is 6.63. The van der Waals surface area contributed by atoms with Crippen molar-refractivity contribution in [3.8, 4) is 5.69 Å². The number of imidazole rings is 1. The van der Waals surface area contributed by atoms with Gasteiger partial charge in [-0.25, -0.2) is 4.98 Å². The van der Waals surface area contributed by atoms with E-state index in [4.69, 9.17) is 0 Å². The van der Waals surface area contributed by atoms with Crippen LogP contribution < -0.4 is 5.32 Å². The van der Waals surface area contributed by atoms with Gasteiger partial charge in [0.05, 0.1) is 11.9 Å². The van der Waals surface area contributed by atoms with E-state index in [1.54, 1.807) is 6.26 Å². The number of aromatic nitrogens is 2. The van der Waals surface area contributed by atoms with Crippen molar-refractivity contribution in [1.29, 1.82) is 0 Å². The van der Waals surface area contributed by atoms with Crippen molar-refractivity contribution in [2.24, 2.45) is 0 Å². The summed E-state index contributed by atoms with van der Waals surface area (Å²) in [5, 5.41) is 3.30.